The van der Waals surface area contributed by atoms with Crippen LogP contribution in [0, 0.1) is 11.6 Å². The first kappa shape index (κ1) is 15.5. The minimum atomic E-state index is -0.980. The number of nitrogens with one attached hydrogen (secondary N) is 1. The molecule has 1 aromatic rings. The summed E-state index contributed by atoms with van der Waals surface area (Å²) in [7, 11) is 3.43. The van der Waals surface area contributed by atoms with Crippen LogP contribution in [0.3, 0.4) is 0 Å². The molecule has 0 unspecified atom stereocenters. The summed E-state index contributed by atoms with van der Waals surface area (Å²) in [6.07, 6.45) is 0.825. The maximum Gasteiger partial charge on any atom is 0.238 e. The lowest BCUT2D eigenvalue weighted by atomic mass is 10.3. The molecular weight excluding hydrogens is 254 g/mol. The van der Waals surface area contributed by atoms with E-state index in [0.717, 1.165) is 25.1 Å². The SMILES string of the molecule is COCCCN(C)CC(=O)Nc1ccc(F)c(F)c1. The van der Waals surface area contributed by atoms with Gasteiger partial charge in [-0.05, 0) is 25.6 Å². The van der Waals surface area contributed by atoms with Gasteiger partial charge < -0.3 is 10.1 Å². The van der Waals surface area contributed by atoms with Crippen LogP contribution in [0.5, 0.6) is 0 Å². The molecule has 1 N–H and O–H groups in total. The number of rotatable bonds is 7. The molecule has 1 aromatic carbocycles. The van der Waals surface area contributed by atoms with Crippen LogP contribution in [0.15, 0.2) is 18.2 Å². The van der Waals surface area contributed by atoms with Crippen molar-refractivity contribution in [3.8, 4) is 0 Å². The van der Waals surface area contributed by atoms with Gasteiger partial charge >= 0.3 is 0 Å². The molecule has 1 rings (SSSR count). The van der Waals surface area contributed by atoms with Gasteiger partial charge in [-0.25, -0.2) is 8.78 Å². The van der Waals surface area contributed by atoms with E-state index in [2.05, 4.69) is 5.32 Å². The fourth-order valence-corrected chi connectivity index (χ4v) is 1.58. The van der Waals surface area contributed by atoms with Crippen molar-refractivity contribution in [2.75, 3.05) is 39.2 Å². The highest BCUT2D eigenvalue weighted by Gasteiger charge is 2.08. The van der Waals surface area contributed by atoms with Crippen molar-refractivity contribution in [2.24, 2.45) is 0 Å². The summed E-state index contributed by atoms with van der Waals surface area (Å²) < 4.78 is 30.6. The highest BCUT2D eigenvalue weighted by Crippen LogP contribution is 2.12. The minimum absolute atomic E-state index is 0.183. The van der Waals surface area contributed by atoms with Gasteiger partial charge in [-0.1, -0.05) is 0 Å². The van der Waals surface area contributed by atoms with Gasteiger partial charge in [0.15, 0.2) is 11.6 Å². The molecule has 0 aliphatic heterocycles. The second-order valence-corrected chi connectivity index (χ2v) is 4.26. The van der Waals surface area contributed by atoms with Crippen LogP contribution in [-0.4, -0.2) is 44.7 Å². The third-order valence-corrected chi connectivity index (χ3v) is 2.51. The van der Waals surface area contributed by atoms with Crippen molar-refractivity contribution < 1.29 is 18.3 Å². The second-order valence-electron chi connectivity index (χ2n) is 4.26. The Morgan fingerprint density at radius 1 is 1.37 bits per heavy atom. The molecule has 0 saturated heterocycles. The molecule has 0 bridgehead atoms. The molecule has 0 saturated carbocycles. The Morgan fingerprint density at radius 2 is 2.11 bits per heavy atom. The number of carbonyl (C=O) groups excluding carboxylic acids is 1. The van der Waals surface area contributed by atoms with Crippen LogP contribution in [-0.2, 0) is 9.53 Å². The first-order chi connectivity index (χ1) is 9.02. The Balaban J connectivity index is 2.39. The molecule has 0 radical (unpaired) electrons. The van der Waals surface area contributed by atoms with Gasteiger partial charge in [0.1, 0.15) is 0 Å². The lowest BCUT2D eigenvalue weighted by molar-refractivity contribution is -0.117. The van der Waals surface area contributed by atoms with E-state index >= 15 is 0 Å². The van der Waals surface area contributed by atoms with Gasteiger partial charge in [0, 0.05) is 32.0 Å². The number of carbonyl (C=O) groups is 1. The summed E-state index contributed by atoms with van der Waals surface area (Å²) in [5.74, 6) is -2.19. The van der Waals surface area contributed by atoms with Crippen molar-refractivity contribution in [2.45, 2.75) is 6.42 Å². The third kappa shape index (κ3) is 5.76. The van der Waals surface area contributed by atoms with Crippen molar-refractivity contribution in [3.05, 3.63) is 29.8 Å². The van der Waals surface area contributed by atoms with Crippen LogP contribution in [0.25, 0.3) is 0 Å². The van der Waals surface area contributed by atoms with E-state index in [9.17, 15) is 13.6 Å². The van der Waals surface area contributed by atoms with E-state index in [0.29, 0.717) is 6.61 Å². The Morgan fingerprint density at radius 3 is 2.74 bits per heavy atom. The van der Waals surface area contributed by atoms with Gasteiger partial charge in [0.25, 0.3) is 0 Å². The molecule has 0 heterocycles. The minimum Gasteiger partial charge on any atom is -0.385 e. The molecule has 6 heteroatoms. The number of hydrogen-bond acceptors (Lipinski definition) is 3. The lowest BCUT2D eigenvalue weighted by Crippen LogP contribution is -2.31. The van der Waals surface area contributed by atoms with E-state index in [4.69, 9.17) is 4.74 Å². The Labute approximate surface area is 111 Å². The summed E-state index contributed by atoms with van der Waals surface area (Å²) in [6, 6.07) is 3.26. The summed E-state index contributed by atoms with van der Waals surface area (Å²) in [5.41, 5.74) is 0.245. The van der Waals surface area contributed by atoms with Crippen molar-refractivity contribution in [1.29, 1.82) is 0 Å². The topological polar surface area (TPSA) is 41.6 Å². The molecule has 0 fully saturated rings. The van der Waals surface area contributed by atoms with Gasteiger partial charge in [0.2, 0.25) is 5.91 Å². The highest BCUT2D eigenvalue weighted by atomic mass is 19.2. The summed E-state index contributed by atoms with van der Waals surface area (Å²) in [4.78, 5) is 13.5. The molecule has 0 aliphatic carbocycles. The average Bonchev–Trinajstić information content (AvgIpc) is 2.34. The number of hydrogen-bond donors (Lipinski definition) is 1. The van der Waals surface area contributed by atoms with Crippen LogP contribution in [0.4, 0.5) is 14.5 Å². The molecule has 0 aliphatic rings. The van der Waals surface area contributed by atoms with Crippen LogP contribution < -0.4 is 5.32 Å². The number of halogens is 2. The number of methoxy groups -OCH3 is 1. The number of amides is 1. The standard InChI is InChI=1S/C13H18F2N2O2/c1-17(6-3-7-19-2)9-13(18)16-10-4-5-11(14)12(15)8-10/h4-5,8H,3,6-7,9H2,1-2H3,(H,16,18). The van der Waals surface area contributed by atoms with Crippen molar-refractivity contribution in [1.82, 2.24) is 4.90 Å². The van der Waals surface area contributed by atoms with E-state index in [1.165, 1.54) is 6.07 Å². The van der Waals surface area contributed by atoms with Gasteiger partial charge in [-0.15, -0.1) is 0 Å². The third-order valence-electron chi connectivity index (χ3n) is 2.51. The summed E-state index contributed by atoms with van der Waals surface area (Å²) >= 11 is 0. The summed E-state index contributed by atoms with van der Waals surface area (Å²) in [5, 5.41) is 2.51. The predicted octanol–water partition coefficient (Wildman–Crippen LogP) is 1.87. The Kier molecular flexibility index (Phi) is 6.38. The second kappa shape index (κ2) is 7.81. The first-order valence-corrected chi connectivity index (χ1v) is 5.95. The predicted molar refractivity (Wildman–Crippen MR) is 69.0 cm³/mol. The smallest absolute Gasteiger partial charge is 0.238 e. The largest absolute Gasteiger partial charge is 0.385 e. The van der Waals surface area contributed by atoms with Crippen LogP contribution in [0.1, 0.15) is 6.42 Å². The molecule has 1 amide bonds. The number of benzene rings is 1. The number of anilines is 1. The zero-order valence-electron chi connectivity index (χ0n) is 11.1. The van der Waals surface area contributed by atoms with Crippen molar-refractivity contribution in [3.63, 3.8) is 0 Å². The Bertz CT molecular complexity index is 427. The maximum absolute atomic E-state index is 12.9. The Hall–Kier alpha value is -1.53. The van der Waals surface area contributed by atoms with E-state index in [-0.39, 0.29) is 18.1 Å². The molecule has 0 aromatic heterocycles. The molecule has 106 valence electrons. The average molecular weight is 272 g/mol. The first-order valence-electron chi connectivity index (χ1n) is 5.95. The van der Waals surface area contributed by atoms with E-state index in [1.54, 1.807) is 14.2 Å². The van der Waals surface area contributed by atoms with Crippen LogP contribution in [0.2, 0.25) is 0 Å². The number of likely N-dealkylation sites (N-methyl/N-ethyl adjacent to an activating group) is 1. The number of nitrogens with zero attached hydrogens (tertiary/aromatic N) is 1. The number of ether oxygens (including phenoxy) is 1. The monoisotopic (exact) mass is 272 g/mol. The molecule has 0 atom stereocenters. The maximum atomic E-state index is 12.9. The quantitative estimate of drug-likeness (QED) is 0.770. The zero-order valence-corrected chi connectivity index (χ0v) is 11.1. The fraction of sp³-hybridized carbons (Fsp3) is 0.462. The van der Waals surface area contributed by atoms with Crippen molar-refractivity contribution >= 4 is 11.6 Å². The molecular formula is C13H18F2N2O2. The van der Waals surface area contributed by atoms with Gasteiger partial charge in [-0.3, -0.25) is 9.69 Å². The highest BCUT2D eigenvalue weighted by molar-refractivity contribution is 5.92. The van der Waals surface area contributed by atoms with Gasteiger partial charge in [-0.2, -0.15) is 0 Å². The molecule has 0 spiro atoms. The van der Waals surface area contributed by atoms with Crippen LogP contribution >= 0.6 is 0 Å². The molecule has 19 heavy (non-hydrogen) atoms. The zero-order chi connectivity index (χ0) is 14.3. The van der Waals surface area contributed by atoms with E-state index < -0.39 is 11.6 Å². The fourth-order valence-electron chi connectivity index (χ4n) is 1.58. The van der Waals surface area contributed by atoms with E-state index in [1.807, 2.05) is 4.90 Å². The summed E-state index contributed by atoms with van der Waals surface area (Å²) in [6.45, 7) is 1.54. The lowest BCUT2D eigenvalue weighted by Gasteiger charge is -2.15. The van der Waals surface area contributed by atoms with Gasteiger partial charge in [0.05, 0.1) is 6.54 Å². The molecule has 4 nitrogen and oxygen atoms in total. The normalized spacial score (nSPS) is 10.8.